The normalized spacial score (nSPS) is 15.2. The number of hydrogen-bond donors (Lipinski definition) is 2. The molecule has 3 nitrogen and oxygen atoms in total. The minimum atomic E-state index is -0.847. The maximum atomic E-state index is 10.1. The van der Waals surface area contributed by atoms with Gasteiger partial charge in [0.1, 0.15) is 5.60 Å². The van der Waals surface area contributed by atoms with Gasteiger partial charge in [-0.05, 0) is 39.4 Å². The van der Waals surface area contributed by atoms with Crippen molar-refractivity contribution < 1.29 is 5.11 Å². The summed E-state index contributed by atoms with van der Waals surface area (Å²) in [4.78, 5) is 4.24. The second-order valence-corrected chi connectivity index (χ2v) is 3.93. The molecule has 14 heavy (non-hydrogen) atoms. The van der Waals surface area contributed by atoms with Crippen molar-refractivity contribution in [3.63, 3.8) is 0 Å². The van der Waals surface area contributed by atoms with E-state index in [-0.39, 0.29) is 0 Å². The van der Waals surface area contributed by atoms with E-state index in [1.807, 2.05) is 27.0 Å². The van der Waals surface area contributed by atoms with Gasteiger partial charge in [0.2, 0.25) is 0 Å². The Morgan fingerprint density at radius 1 is 1.50 bits per heavy atom. The molecule has 0 bridgehead atoms. The molecule has 1 aromatic heterocycles. The molecule has 0 amide bonds. The molecular formula is C11H18N2O. The maximum absolute atomic E-state index is 10.1. The predicted molar refractivity (Wildman–Crippen MR) is 57.2 cm³/mol. The summed E-state index contributed by atoms with van der Waals surface area (Å²) < 4.78 is 0. The van der Waals surface area contributed by atoms with E-state index in [1.54, 1.807) is 13.1 Å². The highest BCUT2D eigenvalue weighted by Gasteiger charge is 2.22. The van der Waals surface area contributed by atoms with Crippen molar-refractivity contribution in [1.82, 2.24) is 10.3 Å². The standard InChI is InChI=1S/C11H18N2O/c1-8-5-10(6-13-9(8)2)11(3,14)7-12-4/h5-6,12,14H,7H2,1-4H3. The van der Waals surface area contributed by atoms with Gasteiger partial charge in [-0.2, -0.15) is 0 Å². The number of aromatic nitrogens is 1. The number of aryl methyl sites for hydroxylation is 2. The van der Waals surface area contributed by atoms with Crippen molar-refractivity contribution in [3.8, 4) is 0 Å². The van der Waals surface area contributed by atoms with Gasteiger partial charge in [-0.25, -0.2) is 0 Å². The van der Waals surface area contributed by atoms with Crippen LogP contribution in [0.4, 0.5) is 0 Å². The lowest BCUT2D eigenvalue weighted by Crippen LogP contribution is -2.33. The number of likely N-dealkylation sites (N-methyl/N-ethyl adjacent to an activating group) is 1. The summed E-state index contributed by atoms with van der Waals surface area (Å²) in [6, 6.07) is 1.99. The summed E-state index contributed by atoms with van der Waals surface area (Å²) in [5, 5.41) is 13.1. The van der Waals surface area contributed by atoms with Gasteiger partial charge in [-0.1, -0.05) is 0 Å². The molecule has 0 aliphatic carbocycles. The number of hydrogen-bond acceptors (Lipinski definition) is 3. The van der Waals surface area contributed by atoms with Crippen LogP contribution in [0.2, 0.25) is 0 Å². The van der Waals surface area contributed by atoms with E-state index >= 15 is 0 Å². The summed E-state index contributed by atoms with van der Waals surface area (Å²) in [5.74, 6) is 0. The van der Waals surface area contributed by atoms with Gasteiger partial charge in [-0.15, -0.1) is 0 Å². The Hall–Kier alpha value is -0.930. The summed E-state index contributed by atoms with van der Waals surface area (Å²) in [6.45, 7) is 6.28. The zero-order valence-electron chi connectivity index (χ0n) is 9.26. The van der Waals surface area contributed by atoms with Crippen LogP contribution in [-0.2, 0) is 5.60 Å². The van der Waals surface area contributed by atoms with Crippen LogP contribution in [0.5, 0.6) is 0 Å². The molecule has 0 saturated heterocycles. The third-order valence-electron chi connectivity index (χ3n) is 2.48. The number of aliphatic hydroxyl groups is 1. The monoisotopic (exact) mass is 194 g/mol. The van der Waals surface area contributed by atoms with E-state index < -0.39 is 5.60 Å². The third-order valence-corrected chi connectivity index (χ3v) is 2.48. The average Bonchev–Trinajstić information content (AvgIpc) is 2.09. The zero-order valence-corrected chi connectivity index (χ0v) is 9.26. The van der Waals surface area contributed by atoms with Crippen molar-refractivity contribution >= 4 is 0 Å². The average molecular weight is 194 g/mol. The first-order valence-corrected chi connectivity index (χ1v) is 4.78. The lowest BCUT2D eigenvalue weighted by Gasteiger charge is -2.23. The van der Waals surface area contributed by atoms with Crippen LogP contribution in [0.15, 0.2) is 12.3 Å². The first-order valence-electron chi connectivity index (χ1n) is 4.78. The van der Waals surface area contributed by atoms with Gasteiger partial charge >= 0.3 is 0 Å². The van der Waals surface area contributed by atoms with E-state index in [9.17, 15) is 5.11 Å². The minimum Gasteiger partial charge on any atom is -0.384 e. The van der Waals surface area contributed by atoms with E-state index in [4.69, 9.17) is 0 Å². The van der Waals surface area contributed by atoms with Gasteiger partial charge in [0.15, 0.2) is 0 Å². The third kappa shape index (κ3) is 2.30. The number of rotatable bonds is 3. The van der Waals surface area contributed by atoms with Gasteiger partial charge in [-0.3, -0.25) is 4.98 Å². The van der Waals surface area contributed by atoms with E-state index in [1.165, 1.54) is 0 Å². The van der Waals surface area contributed by atoms with Crippen LogP contribution < -0.4 is 5.32 Å². The molecule has 3 heteroatoms. The van der Waals surface area contributed by atoms with Crippen LogP contribution in [0.1, 0.15) is 23.7 Å². The second-order valence-electron chi connectivity index (χ2n) is 3.93. The quantitative estimate of drug-likeness (QED) is 0.758. The molecule has 0 aromatic carbocycles. The Balaban J connectivity index is 3.01. The van der Waals surface area contributed by atoms with Crippen LogP contribution in [0.25, 0.3) is 0 Å². The highest BCUT2D eigenvalue weighted by molar-refractivity contribution is 5.27. The molecule has 78 valence electrons. The zero-order chi connectivity index (χ0) is 10.8. The van der Waals surface area contributed by atoms with Gasteiger partial charge in [0, 0.05) is 24.0 Å². The highest BCUT2D eigenvalue weighted by atomic mass is 16.3. The van der Waals surface area contributed by atoms with E-state index in [2.05, 4.69) is 10.3 Å². The summed E-state index contributed by atoms with van der Waals surface area (Å²) in [5.41, 5.74) is 2.13. The fraction of sp³-hybridized carbons (Fsp3) is 0.545. The van der Waals surface area contributed by atoms with Crippen molar-refractivity contribution in [2.75, 3.05) is 13.6 Å². The lowest BCUT2D eigenvalue weighted by molar-refractivity contribution is 0.0587. The first-order chi connectivity index (χ1) is 6.47. The minimum absolute atomic E-state index is 0.525. The summed E-state index contributed by atoms with van der Waals surface area (Å²) in [6.07, 6.45) is 1.74. The maximum Gasteiger partial charge on any atom is 0.101 e. The Bertz CT molecular complexity index is 321. The molecule has 1 atom stereocenters. The molecule has 0 aliphatic rings. The first kappa shape index (κ1) is 11.1. The number of pyridine rings is 1. The number of nitrogens with zero attached hydrogens (tertiary/aromatic N) is 1. The van der Waals surface area contributed by atoms with Crippen LogP contribution in [0, 0.1) is 13.8 Å². The van der Waals surface area contributed by atoms with Gasteiger partial charge in [0.05, 0.1) is 0 Å². The largest absolute Gasteiger partial charge is 0.384 e. The smallest absolute Gasteiger partial charge is 0.101 e. The van der Waals surface area contributed by atoms with Crippen LogP contribution in [-0.4, -0.2) is 23.7 Å². The summed E-state index contributed by atoms with van der Waals surface area (Å²) in [7, 11) is 1.82. The van der Waals surface area contributed by atoms with Gasteiger partial charge < -0.3 is 10.4 Å². The fourth-order valence-electron chi connectivity index (χ4n) is 1.38. The van der Waals surface area contributed by atoms with Crippen molar-refractivity contribution in [3.05, 3.63) is 29.1 Å². The molecule has 0 aliphatic heterocycles. The fourth-order valence-corrected chi connectivity index (χ4v) is 1.38. The van der Waals surface area contributed by atoms with E-state index in [0.29, 0.717) is 6.54 Å². The van der Waals surface area contributed by atoms with E-state index in [0.717, 1.165) is 16.8 Å². The molecule has 2 N–H and O–H groups in total. The van der Waals surface area contributed by atoms with Crippen molar-refractivity contribution in [1.29, 1.82) is 0 Å². The second kappa shape index (κ2) is 4.07. The highest BCUT2D eigenvalue weighted by Crippen LogP contribution is 2.20. The molecule has 0 saturated carbocycles. The topological polar surface area (TPSA) is 45.1 Å². The SMILES string of the molecule is CNCC(C)(O)c1cnc(C)c(C)c1. The molecule has 1 heterocycles. The molecule has 0 fully saturated rings. The predicted octanol–water partition coefficient (Wildman–Crippen LogP) is 1.13. The van der Waals surface area contributed by atoms with Crippen LogP contribution >= 0.6 is 0 Å². The Kier molecular flexibility index (Phi) is 3.24. The van der Waals surface area contributed by atoms with Crippen molar-refractivity contribution in [2.24, 2.45) is 0 Å². The van der Waals surface area contributed by atoms with Crippen molar-refractivity contribution in [2.45, 2.75) is 26.4 Å². The lowest BCUT2D eigenvalue weighted by atomic mass is 9.96. The Labute approximate surface area is 85.2 Å². The molecule has 1 rings (SSSR count). The Morgan fingerprint density at radius 3 is 2.64 bits per heavy atom. The molecular weight excluding hydrogens is 176 g/mol. The summed E-state index contributed by atoms with van der Waals surface area (Å²) >= 11 is 0. The number of nitrogens with one attached hydrogen (secondary N) is 1. The molecule has 1 aromatic rings. The molecule has 0 radical (unpaired) electrons. The van der Waals surface area contributed by atoms with Gasteiger partial charge in [0.25, 0.3) is 0 Å². The Morgan fingerprint density at radius 2 is 2.14 bits per heavy atom. The molecule has 1 unspecified atom stereocenters. The molecule has 0 spiro atoms. The van der Waals surface area contributed by atoms with Crippen LogP contribution in [0.3, 0.4) is 0 Å².